The van der Waals surface area contributed by atoms with Crippen molar-refractivity contribution in [3.8, 4) is 0 Å². The molecule has 0 fully saturated rings. The van der Waals surface area contributed by atoms with Crippen LogP contribution in [0.25, 0.3) is 0 Å². The molecule has 0 amide bonds. The maximum atomic E-state index is 13.6. The molecule has 1 aromatic rings. The maximum absolute atomic E-state index is 13.6. The molecule has 1 aromatic carbocycles. The van der Waals surface area contributed by atoms with Crippen molar-refractivity contribution in [2.45, 2.75) is 4.90 Å². The molecule has 0 spiro atoms. The summed E-state index contributed by atoms with van der Waals surface area (Å²) in [4.78, 5) is 0.325. The van der Waals surface area contributed by atoms with E-state index in [9.17, 15) is 4.39 Å². The number of methoxy groups -OCH3 is 1. The molecular formula is C9H12ClFN2OS. The number of benzene rings is 1. The van der Waals surface area contributed by atoms with Crippen LogP contribution in [0.3, 0.4) is 0 Å². The van der Waals surface area contributed by atoms with E-state index in [1.54, 1.807) is 7.11 Å². The Morgan fingerprint density at radius 1 is 1.47 bits per heavy atom. The Morgan fingerprint density at radius 3 is 2.73 bits per heavy atom. The molecule has 0 saturated heterocycles. The zero-order valence-corrected chi connectivity index (χ0v) is 9.79. The van der Waals surface area contributed by atoms with Gasteiger partial charge in [0.1, 0.15) is 5.02 Å². The number of ether oxygens (including phenoxy) is 1. The Hall–Kier alpha value is -0.650. The fraction of sp³-hybridized carbons (Fsp3) is 0.333. The lowest BCUT2D eigenvalue weighted by Crippen LogP contribution is -2.00. The van der Waals surface area contributed by atoms with E-state index >= 15 is 0 Å². The van der Waals surface area contributed by atoms with Crippen molar-refractivity contribution < 1.29 is 9.13 Å². The average molecular weight is 251 g/mol. The number of nitrogens with two attached hydrogens (primary N) is 2. The summed E-state index contributed by atoms with van der Waals surface area (Å²) in [6.07, 6.45) is 0. The van der Waals surface area contributed by atoms with E-state index in [1.807, 2.05) is 0 Å². The SMILES string of the molecule is COCCSc1c(N)cc(N)c(Cl)c1F. The van der Waals surface area contributed by atoms with Gasteiger partial charge in [-0.1, -0.05) is 11.6 Å². The predicted molar refractivity (Wildman–Crippen MR) is 62.8 cm³/mol. The summed E-state index contributed by atoms with van der Waals surface area (Å²) in [6, 6.07) is 1.46. The molecule has 0 aromatic heterocycles. The van der Waals surface area contributed by atoms with Crippen LogP contribution in [-0.2, 0) is 4.74 Å². The largest absolute Gasteiger partial charge is 0.398 e. The number of halogens is 2. The minimum Gasteiger partial charge on any atom is -0.398 e. The third-order valence-electron chi connectivity index (χ3n) is 1.75. The van der Waals surface area contributed by atoms with E-state index in [4.69, 9.17) is 27.8 Å². The molecule has 0 aliphatic carbocycles. The number of anilines is 2. The first-order valence-corrected chi connectivity index (χ1v) is 5.59. The second-order valence-corrected chi connectivity index (χ2v) is 4.34. The maximum Gasteiger partial charge on any atom is 0.159 e. The van der Waals surface area contributed by atoms with Crippen LogP contribution in [0.15, 0.2) is 11.0 Å². The fourth-order valence-electron chi connectivity index (χ4n) is 1.02. The minimum atomic E-state index is -0.560. The highest BCUT2D eigenvalue weighted by Gasteiger charge is 2.14. The first-order valence-electron chi connectivity index (χ1n) is 4.22. The lowest BCUT2D eigenvalue weighted by atomic mass is 10.3. The molecule has 4 N–H and O–H groups in total. The fourth-order valence-corrected chi connectivity index (χ4v) is 2.14. The predicted octanol–water partition coefficient (Wildman–Crippen LogP) is 2.38. The van der Waals surface area contributed by atoms with E-state index in [1.165, 1.54) is 17.8 Å². The second-order valence-electron chi connectivity index (χ2n) is 2.85. The zero-order valence-electron chi connectivity index (χ0n) is 8.22. The monoisotopic (exact) mass is 250 g/mol. The molecule has 15 heavy (non-hydrogen) atoms. The smallest absolute Gasteiger partial charge is 0.159 e. The van der Waals surface area contributed by atoms with Crippen LogP contribution in [0.2, 0.25) is 5.02 Å². The number of hydrogen-bond acceptors (Lipinski definition) is 4. The molecule has 3 nitrogen and oxygen atoms in total. The minimum absolute atomic E-state index is 0.0795. The Kier molecular flexibility index (Phi) is 4.50. The van der Waals surface area contributed by atoms with Crippen LogP contribution < -0.4 is 11.5 Å². The van der Waals surface area contributed by atoms with E-state index in [-0.39, 0.29) is 10.7 Å². The summed E-state index contributed by atoms with van der Waals surface area (Å²) in [5.41, 5.74) is 11.5. The molecule has 0 atom stereocenters. The van der Waals surface area contributed by atoms with Crippen molar-refractivity contribution >= 4 is 34.7 Å². The van der Waals surface area contributed by atoms with Gasteiger partial charge in [0.05, 0.1) is 22.9 Å². The van der Waals surface area contributed by atoms with E-state index in [2.05, 4.69) is 0 Å². The van der Waals surface area contributed by atoms with Gasteiger partial charge in [-0.05, 0) is 6.07 Å². The molecule has 0 heterocycles. The molecule has 0 unspecified atom stereocenters. The lowest BCUT2D eigenvalue weighted by Gasteiger charge is -2.09. The van der Waals surface area contributed by atoms with Crippen LogP contribution in [0, 0.1) is 5.82 Å². The van der Waals surface area contributed by atoms with Gasteiger partial charge in [0.25, 0.3) is 0 Å². The summed E-state index contributed by atoms with van der Waals surface area (Å²) >= 11 is 6.92. The number of nitrogen functional groups attached to an aromatic ring is 2. The molecule has 84 valence electrons. The molecule has 0 bridgehead atoms. The van der Waals surface area contributed by atoms with Crippen LogP contribution in [0.5, 0.6) is 0 Å². The summed E-state index contributed by atoms with van der Waals surface area (Å²) < 4.78 is 18.5. The molecule has 6 heteroatoms. The summed E-state index contributed by atoms with van der Waals surface area (Å²) in [5.74, 6) is 0.0491. The van der Waals surface area contributed by atoms with Crippen molar-refractivity contribution in [3.05, 3.63) is 16.9 Å². The Labute approximate surface area is 96.9 Å². The molecule has 0 saturated carbocycles. The number of rotatable bonds is 4. The van der Waals surface area contributed by atoms with Crippen LogP contribution in [0.1, 0.15) is 0 Å². The van der Waals surface area contributed by atoms with Gasteiger partial charge in [-0.15, -0.1) is 11.8 Å². The van der Waals surface area contributed by atoms with Crippen molar-refractivity contribution in [3.63, 3.8) is 0 Å². The van der Waals surface area contributed by atoms with Gasteiger partial charge >= 0.3 is 0 Å². The summed E-state index contributed by atoms with van der Waals surface area (Å²) in [7, 11) is 1.58. The normalized spacial score (nSPS) is 10.6. The number of thioether (sulfide) groups is 1. The van der Waals surface area contributed by atoms with Crippen molar-refractivity contribution in [2.24, 2.45) is 0 Å². The van der Waals surface area contributed by atoms with E-state index in [0.717, 1.165) is 0 Å². The van der Waals surface area contributed by atoms with Gasteiger partial charge < -0.3 is 16.2 Å². The van der Waals surface area contributed by atoms with Crippen LogP contribution in [-0.4, -0.2) is 19.5 Å². The first-order chi connectivity index (χ1) is 7.07. The highest BCUT2D eigenvalue weighted by molar-refractivity contribution is 7.99. The van der Waals surface area contributed by atoms with Crippen molar-refractivity contribution in [1.29, 1.82) is 0 Å². The lowest BCUT2D eigenvalue weighted by molar-refractivity contribution is 0.218. The standard InChI is InChI=1S/C9H12ClFN2OS/c1-14-2-3-15-9-6(13)4-5(12)7(10)8(9)11/h4H,2-3,12-13H2,1H3. The highest BCUT2D eigenvalue weighted by atomic mass is 35.5. The molecular weight excluding hydrogens is 239 g/mol. The Morgan fingerprint density at radius 2 is 2.13 bits per heavy atom. The Balaban J connectivity index is 2.92. The average Bonchev–Trinajstić information content (AvgIpc) is 2.20. The van der Waals surface area contributed by atoms with Crippen LogP contribution in [0.4, 0.5) is 15.8 Å². The second kappa shape index (κ2) is 5.44. The van der Waals surface area contributed by atoms with Crippen LogP contribution >= 0.6 is 23.4 Å². The summed E-state index contributed by atoms with van der Waals surface area (Å²) in [5, 5.41) is -0.0795. The zero-order chi connectivity index (χ0) is 11.4. The molecule has 0 radical (unpaired) electrons. The van der Waals surface area contributed by atoms with Gasteiger partial charge in [0.15, 0.2) is 5.82 Å². The van der Waals surface area contributed by atoms with Gasteiger partial charge in [-0.2, -0.15) is 0 Å². The molecule has 0 aliphatic rings. The van der Waals surface area contributed by atoms with Crippen molar-refractivity contribution in [1.82, 2.24) is 0 Å². The van der Waals surface area contributed by atoms with Gasteiger partial charge in [0, 0.05) is 12.9 Å². The van der Waals surface area contributed by atoms with E-state index < -0.39 is 5.82 Å². The third-order valence-corrected chi connectivity index (χ3v) is 3.21. The topological polar surface area (TPSA) is 61.3 Å². The first kappa shape index (κ1) is 12.4. The molecule has 1 rings (SSSR count). The third kappa shape index (κ3) is 2.90. The summed E-state index contributed by atoms with van der Waals surface area (Å²) in [6.45, 7) is 0.519. The quantitative estimate of drug-likeness (QED) is 0.489. The van der Waals surface area contributed by atoms with Gasteiger partial charge in [-0.3, -0.25) is 0 Å². The molecule has 0 aliphatic heterocycles. The van der Waals surface area contributed by atoms with Crippen molar-refractivity contribution in [2.75, 3.05) is 30.9 Å². The number of hydrogen-bond donors (Lipinski definition) is 2. The van der Waals surface area contributed by atoms with Gasteiger partial charge in [0.2, 0.25) is 0 Å². The van der Waals surface area contributed by atoms with Gasteiger partial charge in [-0.25, -0.2) is 4.39 Å². The highest BCUT2D eigenvalue weighted by Crippen LogP contribution is 2.35. The van der Waals surface area contributed by atoms with E-state index in [0.29, 0.717) is 22.9 Å². The Bertz CT molecular complexity index is 362.